The molecule has 0 saturated carbocycles. The first-order valence-electron chi connectivity index (χ1n) is 3.35. The number of carboxylic acids is 1. The molecule has 0 heterocycles. The van der Waals surface area contributed by atoms with Gasteiger partial charge in [0, 0.05) is 6.04 Å². The van der Waals surface area contributed by atoms with Crippen molar-refractivity contribution in [2.75, 3.05) is 0 Å². The van der Waals surface area contributed by atoms with Crippen molar-refractivity contribution >= 4 is 18.4 Å². The standard InChI is InChI=1S/C7H11NO2.ClH/c8-6-3-1-2-5(4-6)7(9)10;/h1,3,5-6H,2,4,8H2,(H,9,10);1H/t5?,6-;/m1./s1. The monoisotopic (exact) mass is 177 g/mol. The first kappa shape index (κ1) is 10.5. The third-order valence-corrected chi connectivity index (χ3v) is 1.71. The van der Waals surface area contributed by atoms with Gasteiger partial charge in [-0.05, 0) is 12.8 Å². The molecule has 0 amide bonds. The molecule has 2 atom stereocenters. The minimum atomic E-state index is -0.736. The average Bonchev–Trinajstić information content (AvgIpc) is 1.88. The predicted molar refractivity (Wildman–Crippen MR) is 44.7 cm³/mol. The average molecular weight is 178 g/mol. The first-order chi connectivity index (χ1) is 4.70. The number of carbonyl (C=O) groups is 1. The Morgan fingerprint density at radius 3 is 2.64 bits per heavy atom. The molecular formula is C7H12ClNO2. The van der Waals surface area contributed by atoms with Crippen molar-refractivity contribution < 1.29 is 9.90 Å². The Balaban J connectivity index is 0.000001000. The van der Waals surface area contributed by atoms with Gasteiger partial charge >= 0.3 is 5.97 Å². The van der Waals surface area contributed by atoms with Gasteiger partial charge in [-0.2, -0.15) is 0 Å². The largest absolute Gasteiger partial charge is 0.481 e. The molecule has 0 radical (unpaired) electrons. The second-order valence-corrected chi connectivity index (χ2v) is 2.60. The van der Waals surface area contributed by atoms with Gasteiger partial charge in [0.25, 0.3) is 0 Å². The molecule has 0 aliphatic heterocycles. The van der Waals surface area contributed by atoms with Crippen LogP contribution in [0.15, 0.2) is 12.2 Å². The first-order valence-corrected chi connectivity index (χ1v) is 3.35. The molecule has 3 N–H and O–H groups in total. The number of hydrogen-bond donors (Lipinski definition) is 2. The van der Waals surface area contributed by atoms with E-state index in [1.54, 1.807) is 0 Å². The van der Waals surface area contributed by atoms with E-state index in [0.29, 0.717) is 12.8 Å². The number of carboxylic acid groups (broad SMARTS) is 1. The summed E-state index contributed by atoms with van der Waals surface area (Å²) in [5.74, 6) is -1.00. The highest BCUT2D eigenvalue weighted by molar-refractivity contribution is 5.85. The molecule has 0 aromatic heterocycles. The van der Waals surface area contributed by atoms with Crippen molar-refractivity contribution in [3.8, 4) is 0 Å². The third-order valence-electron chi connectivity index (χ3n) is 1.71. The van der Waals surface area contributed by atoms with Crippen LogP contribution in [0.3, 0.4) is 0 Å². The van der Waals surface area contributed by atoms with Crippen LogP contribution in [-0.2, 0) is 4.79 Å². The highest BCUT2D eigenvalue weighted by atomic mass is 35.5. The maximum Gasteiger partial charge on any atom is 0.306 e. The lowest BCUT2D eigenvalue weighted by Gasteiger charge is -2.17. The van der Waals surface area contributed by atoms with E-state index < -0.39 is 5.97 Å². The predicted octanol–water partition coefficient (Wildman–Crippen LogP) is 0.786. The molecule has 1 aliphatic rings. The fourth-order valence-electron chi connectivity index (χ4n) is 1.12. The maximum absolute atomic E-state index is 10.4. The lowest BCUT2D eigenvalue weighted by atomic mass is 9.92. The van der Waals surface area contributed by atoms with E-state index >= 15 is 0 Å². The molecule has 0 aromatic rings. The molecule has 4 heteroatoms. The Morgan fingerprint density at radius 2 is 2.27 bits per heavy atom. The van der Waals surface area contributed by atoms with Crippen LogP contribution in [0, 0.1) is 5.92 Å². The zero-order chi connectivity index (χ0) is 7.56. The zero-order valence-electron chi connectivity index (χ0n) is 6.06. The van der Waals surface area contributed by atoms with Crippen LogP contribution >= 0.6 is 12.4 Å². The highest BCUT2D eigenvalue weighted by Gasteiger charge is 2.20. The van der Waals surface area contributed by atoms with Gasteiger partial charge in [-0.15, -0.1) is 12.4 Å². The maximum atomic E-state index is 10.4. The summed E-state index contributed by atoms with van der Waals surface area (Å²) in [6.07, 6.45) is 4.90. The second-order valence-electron chi connectivity index (χ2n) is 2.60. The van der Waals surface area contributed by atoms with Gasteiger partial charge in [-0.25, -0.2) is 0 Å². The Kier molecular flexibility index (Phi) is 4.15. The number of halogens is 1. The Bertz CT molecular complexity index is 170. The second kappa shape index (κ2) is 4.36. The summed E-state index contributed by atoms with van der Waals surface area (Å²) >= 11 is 0. The molecule has 0 saturated heterocycles. The normalized spacial score (nSPS) is 29.2. The summed E-state index contributed by atoms with van der Waals surface area (Å²) in [6.45, 7) is 0. The number of aliphatic carboxylic acids is 1. The van der Waals surface area contributed by atoms with Gasteiger partial charge in [0.05, 0.1) is 5.92 Å². The minimum absolute atomic E-state index is 0. The van der Waals surface area contributed by atoms with Crippen LogP contribution in [0.5, 0.6) is 0 Å². The molecule has 0 spiro atoms. The number of hydrogen-bond acceptors (Lipinski definition) is 2. The SMILES string of the molecule is Cl.N[C@@H]1C=CCC(C(=O)O)C1. The van der Waals surface area contributed by atoms with Crippen molar-refractivity contribution in [2.24, 2.45) is 11.7 Å². The fourth-order valence-corrected chi connectivity index (χ4v) is 1.12. The molecule has 0 fully saturated rings. The van der Waals surface area contributed by atoms with E-state index in [0.717, 1.165) is 0 Å². The summed E-state index contributed by atoms with van der Waals surface area (Å²) in [7, 11) is 0. The molecule has 3 nitrogen and oxygen atoms in total. The smallest absolute Gasteiger partial charge is 0.306 e. The van der Waals surface area contributed by atoms with Gasteiger partial charge in [-0.3, -0.25) is 4.79 Å². The summed E-state index contributed by atoms with van der Waals surface area (Å²) in [6, 6.07) is -0.0603. The summed E-state index contributed by atoms with van der Waals surface area (Å²) < 4.78 is 0. The van der Waals surface area contributed by atoms with Crippen LogP contribution in [0.2, 0.25) is 0 Å². The zero-order valence-corrected chi connectivity index (χ0v) is 6.88. The fraction of sp³-hybridized carbons (Fsp3) is 0.571. The van der Waals surface area contributed by atoms with Gasteiger partial charge in [0.1, 0.15) is 0 Å². The summed E-state index contributed by atoms with van der Waals surface area (Å²) in [4.78, 5) is 10.4. The molecule has 1 aliphatic carbocycles. The van der Waals surface area contributed by atoms with E-state index in [9.17, 15) is 4.79 Å². The van der Waals surface area contributed by atoms with E-state index in [1.807, 2.05) is 12.2 Å². The molecule has 11 heavy (non-hydrogen) atoms. The molecule has 1 unspecified atom stereocenters. The van der Waals surface area contributed by atoms with Crippen LogP contribution in [0.4, 0.5) is 0 Å². The van der Waals surface area contributed by atoms with Crippen LogP contribution in [0.25, 0.3) is 0 Å². The van der Waals surface area contributed by atoms with E-state index in [2.05, 4.69) is 0 Å². The topological polar surface area (TPSA) is 63.3 Å². The Hall–Kier alpha value is -0.540. The van der Waals surface area contributed by atoms with Crippen LogP contribution < -0.4 is 5.73 Å². The minimum Gasteiger partial charge on any atom is -0.481 e. The van der Waals surface area contributed by atoms with Gasteiger partial charge in [-0.1, -0.05) is 12.2 Å². The molecular weight excluding hydrogens is 166 g/mol. The Labute approximate surface area is 71.7 Å². The van der Waals surface area contributed by atoms with E-state index in [-0.39, 0.29) is 24.4 Å². The summed E-state index contributed by atoms with van der Waals surface area (Å²) in [5.41, 5.74) is 5.51. The molecule has 1 rings (SSSR count). The number of rotatable bonds is 1. The van der Waals surface area contributed by atoms with Crippen LogP contribution in [-0.4, -0.2) is 17.1 Å². The van der Waals surface area contributed by atoms with Crippen molar-refractivity contribution in [1.82, 2.24) is 0 Å². The van der Waals surface area contributed by atoms with E-state index in [4.69, 9.17) is 10.8 Å². The quantitative estimate of drug-likeness (QED) is 0.582. The van der Waals surface area contributed by atoms with Crippen molar-refractivity contribution in [3.63, 3.8) is 0 Å². The van der Waals surface area contributed by atoms with Gasteiger partial charge in [0.2, 0.25) is 0 Å². The van der Waals surface area contributed by atoms with E-state index in [1.165, 1.54) is 0 Å². The summed E-state index contributed by atoms with van der Waals surface area (Å²) in [5, 5.41) is 8.57. The van der Waals surface area contributed by atoms with Crippen LogP contribution in [0.1, 0.15) is 12.8 Å². The molecule has 0 aromatic carbocycles. The highest BCUT2D eigenvalue weighted by Crippen LogP contribution is 2.16. The van der Waals surface area contributed by atoms with Crippen molar-refractivity contribution in [3.05, 3.63) is 12.2 Å². The van der Waals surface area contributed by atoms with Gasteiger partial charge in [0.15, 0.2) is 0 Å². The third kappa shape index (κ3) is 2.91. The lowest BCUT2D eigenvalue weighted by Crippen LogP contribution is -2.28. The number of nitrogens with two attached hydrogens (primary N) is 1. The van der Waals surface area contributed by atoms with Crippen molar-refractivity contribution in [2.45, 2.75) is 18.9 Å². The Morgan fingerprint density at radius 1 is 1.64 bits per heavy atom. The lowest BCUT2D eigenvalue weighted by molar-refractivity contribution is -0.142. The van der Waals surface area contributed by atoms with Gasteiger partial charge < -0.3 is 10.8 Å². The molecule has 64 valence electrons. The van der Waals surface area contributed by atoms with Crippen molar-refractivity contribution in [1.29, 1.82) is 0 Å². The number of allylic oxidation sites excluding steroid dienone is 1. The molecule has 0 bridgehead atoms.